The summed E-state index contributed by atoms with van der Waals surface area (Å²) in [6, 6.07) is 9.92. The number of nitrogens with one attached hydrogen (secondary N) is 3. The second kappa shape index (κ2) is 15.0. The van der Waals surface area contributed by atoms with Crippen LogP contribution in [-0.2, 0) is 24.4 Å². The van der Waals surface area contributed by atoms with E-state index in [1.807, 2.05) is 6.08 Å². The number of halogens is 3. The van der Waals surface area contributed by atoms with E-state index in [-0.39, 0.29) is 37.4 Å². The number of hydrogen-bond acceptors (Lipinski definition) is 9. The highest BCUT2D eigenvalue weighted by atomic mass is 32.2. The molecule has 4 aromatic rings. The van der Waals surface area contributed by atoms with Crippen molar-refractivity contribution >= 4 is 55.3 Å². The Morgan fingerprint density at radius 3 is 2.59 bits per heavy atom. The van der Waals surface area contributed by atoms with Crippen LogP contribution in [0.3, 0.4) is 0 Å². The SMILES string of the molecule is CC1(S(=O)(=O)NC(=O)[C@@]23C[C@H]2/C=C\CCCCC[C@H](NC(=O)c2ccn(C(F)F)n2)C(=O)N2C[C@H](Oc4nc5ccccc5c5cc(F)ccc45)C[C@H]2C(=O)N3)CC1. The molecule has 2 saturated carbocycles. The van der Waals surface area contributed by atoms with Crippen LogP contribution in [0, 0.1) is 11.7 Å². The fourth-order valence-corrected chi connectivity index (χ4v) is 9.20. The highest BCUT2D eigenvalue weighted by molar-refractivity contribution is 7.91. The first-order chi connectivity index (χ1) is 27.7. The molecule has 2 aromatic heterocycles. The van der Waals surface area contributed by atoms with Gasteiger partial charge in [0.1, 0.15) is 35.2 Å². The van der Waals surface area contributed by atoms with Crippen LogP contribution >= 0.6 is 0 Å². The molecule has 5 atom stereocenters. The van der Waals surface area contributed by atoms with E-state index in [2.05, 4.69) is 20.5 Å². The smallest absolute Gasteiger partial charge is 0.333 e. The van der Waals surface area contributed by atoms with E-state index < -0.39 is 80.4 Å². The molecule has 2 aromatic carbocycles. The number of ether oxygens (including phenoxy) is 1. The summed E-state index contributed by atoms with van der Waals surface area (Å²) in [4.78, 5) is 62.3. The molecule has 2 aliphatic heterocycles. The molecule has 0 spiro atoms. The van der Waals surface area contributed by atoms with E-state index in [9.17, 15) is 40.8 Å². The molecule has 14 nitrogen and oxygen atoms in total. The fraction of sp³-hybridized carbons (Fsp3) is 0.450. The number of hydrogen-bond donors (Lipinski definition) is 3. The van der Waals surface area contributed by atoms with Gasteiger partial charge in [-0.15, -0.1) is 0 Å². The normalized spacial score (nSPS) is 26.5. The molecule has 0 bridgehead atoms. The molecule has 0 unspecified atom stereocenters. The number of nitrogens with zero attached hydrogens (tertiary/aromatic N) is 4. The van der Waals surface area contributed by atoms with Crippen LogP contribution in [-0.4, -0.2) is 86.7 Å². The third kappa shape index (κ3) is 7.49. The van der Waals surface area contributed by atoms with Crippen LogP contribution in [0.15, 0.2) is 66.9 Å². The lowest BCUT2D eigenvalue weighted by molar-refractivity contribution is -0.141. The Morgan fingerprint density at radius 2 is 1.83 bits per heavy atom. The maximum atomic E-state index is 14.6. The molecule has 4 aliphatic rings. The number of benzene rings is 2. The zero-order chi connectivity index (χ0) is 41.0. The van der Waals surface area contributed by atoms with Gasteiger partial charge in [0, 0.05) is 29.3 Å². The van der Waals surface area contributed by atoms with Gasteiger partial charge < -0.3 is 20.3 Å². The standard InChI is InChI=1S/C40H42F3N7O7S/c1-39(16-17-39)58(55,56)48-37(54)40-21-23(40)9-5-3-2-4-6-12-31(44-33(51)30-15-18-50(47-30)38(42)43)36(53)49-22-25(20-32(49)34(52)46-40)57-35-27-14-13-24(41)19-28(27)26-10-7-8-11-29(26)45-35/h5,7-11,13-15,18-19,23,25,31-32,38H,2-4,6,12,16-17,20-22H2,1H3,(H,44,51)(H,46,52)(H,48,54)/b9-5-/t23-,25-,31+,32+,40-/m1/s1. The second-order valence-corrected chi connectivity index (χ2v) is 18.0. The molecule has 4 amide bonds. The van der Waals surface area contributed by atoms with E-state index >= 15 is 0 Å². The van der Waals surface area contributed by atoms with Crippen LogP contribution in [0.25, 0.3) is 21.7 Å². The average molecular weight is 822 g/mol. The Labute approximate surface area is 331 Å². The Kier molecular flexibility index (Phi) is 10.2. The quantitative estimate of drug-likeness (QED) is 0.168. The van der Waals surface area contributed by atoms with Crippen molar-refractivity contribution in [3.63, 3.8) is 0 Å². The molecule has 58 heavy (non-hydrogen) atoms. The topological polar surface area (TPSA) is 182 Å². The number of para-hydroxylation sites is 1. The lowest BCUT2D eigenvalue weighted by atomic mass is 10.0. The molecule has 2 aliphatic carbocycles. The number of rotatable bonds is 8. The van der Waals surface area contributed by atoms with Crippen LogP contribution in [0.2, 0.25) is 0 Å². The maximum absolute atomic E-state index is 14.6. The number of allylic oxidation sites excluding steroid dienone is 1. The molecule has 1 saturated heterocycles. The lowest BCUT2D eigenvalue weighted by Crippen LogP contribution is -2.58. The van der Waals surface area contributed by atoms with Crippen molar-refractivity contribution in [2.24, 2.45) is 5.92 Å². The summed E-state index contributed by atoms with van der Waals surface area (Å²) in [5, 5.41) is 10.8. The van der Waals surface area contributed by atoms with Crippen molar-refractivity contribution in [3.8, 4) is 5.88 Å². The van der Waals surface area contributed by atoms with Gasteiger partial charge in [-0.1, -0.05) is 43.2 Å². The lowest BCUT2D eigenvalue weighted by Gasteiger charge is -2.30. The molecule has 4 heterocycles. The zero-order valence-corrected chi connectivity index (χ0v) is 32.3. The first-order valence-electron chi connectivity index (χ1n) is 19.3. The van der Waals surface area contributed by atoms with E-state index in [1.54, 1.807) is 37.3 Å². The molecule has 18 heteroatoms. The largest absolute Gasteiger partial charge is 0.472 e. The number of alkyl halides is 2. The Bertz CT molecular complexity index is 2460. The van der Waals surface area contributed by atoms with Crippen LogP contribution in [0.5, 0.6) is 5.88 Å². The number of aromatic nitrogens is 3. The molecule has 0 radical (unpaired) electrons. The number of sulfonamides is 1. The summed E-state index contributed by atoms with van der Waals surface area (Å²) in [5.74, 6) is -3.99. The van der Waals surface area contributed by atoms with Gasteiger partial charge in [-0.3, -0.25) is 23.9 Å². The van der Waals surface area contributed by atoms with Gasteiger partial charge in [0.2, 0.25) is 27.7 Å². The molecule has 306 valence electrons. The Hall–Kier alpha value is -5.52. The number of fused-ring (bicyclic) bond motifs is 5. The highest BCUT2D eigenvalue weighted by Crippen LogP contribution is 2.47. The summed E-state index contributed by atoms with van der Waals surface area (Å²) in [6.45, 7) is -1.61. The van der Waals surface area contributed by atoms with Crippen molar-refractivity contribution in [3.05, 3.63) is 78.4 Å². The summed E-state index contributed by atoms with van der Waals surface area (Å²) in [6.07, 6.45) is 7.14. The number of carbonyl (C=O) groups is 4. The molecular formula is C40H42F3N7O7S. The third-order valence-electron chi connectivity index (χ3n) is 11.7. The maximum Gasteiger partial charge on any atom is 0.333 e. The van der Waals surface area contributed by atoms with E-state index in [0.29, 0.717) is 64.9 Å². The van der Waals surface area contributed by atoms with Gasteiger partial charge in [-0.05, 0) is 81.2 Å². The minimum Gasteiger partial charge on any atom is -0.472 e. The minimum absolute atomic E-state index is 0.0944. The molecule has 8 rings (SSSR count). The van der Waals surface area contributed by atoms with Crippen LogP contribution in [0.4, 0.5) is 13.2 Å². The average Bonchev–Trinajstić information content (AvgIpc) is 3.96. The fourth-order valence-electron chi connectivity index (χ4n) is 7.89. The van der Waals surface area contributed by atoms with Gasteiger partial charge in [0.15, 0.2) is 0 Å². The predicted octanol–water partition coefficient (Wildman–Crippen LogP) is 4.66. The molecule has 3 N–H and O–H groups in total. The Morgan fingerprint density at radius 1 is 1.03 bits per heavy atom. The first-order valence-corrected chi connectivity index (χ1v) is 20.8. The van der Waals surface area contributed by atoms with Gasteiger partial charge in [0.25, 0.3) is 11.8 Å². The van der Waals surface area contributed by atoms with Crippen molar-refractivity contribution in [1.82, 2.24) is 35.0 Å². The van der Waals surface area contributed by atoms with Crippen molar-refractivity contribution < 1.29 is 45.5 Å². The number of pyridine rings is 1. The van der Waals surface area contributed by atoms with E-state index in [4.69, 9.17) is 9.72 Å². The zero-order valence-electron chi connectivity index (χ0n) is 31.5. The minimum atomic E-state index is -4.06. The monoisotopic (exact) mass is 821 g/mol. The number of carbonyl (C=O) groups excluding carboxylic acids is 4. The predicted molar refractivity (Wildman–Crippen MR) is 204 cm³/mol. The summed E-state index contributed by atoms with van der Waals surface area (Å²) in [7, 11) is -4.06. The van der Waals surface area contributed by atoms with Gasteiger partial charge >= 0.3 is 6.55 Å². The molecular weight excluding hydrogens is 780 g/mol. The van der Waals surface area contributed by atoms with Crippen molar-refractivity contribution in [1.29, 1.82) is 0 Å². The second-order valence-electron chi connectivity index (χ2n) is 15.8. The Balaban J connectivity index is 1.13. The van der Waals surface area contributed by atoms with Gasteiger partial charge in [-0.25, -0.2) is 22.5 Å². The summed E-state index contributed by atoms with van der Waals surface area (Å²) >= 11 is 0. The third-order valence-corrected chi connectivity index (χ3v) is 13.9. The van der Waals surface area contributed by atoms with Gasteiger partial charge in [0.05, 0.1) is 16.8 Å². The van der Waals surface area contributed by atoms with Crippen molar-refractivity contribution in [2.45, 2.75) is 99.7 Å². The molecule has 3 fully saturated rings. The van der Waals surface area contributed by atoms with Crippen molar-refractivity contribution in [2.75, 3.05) is 6.54 Å². The highest BCUT2D eigenvalue weighted by Gasteiger charge is 2.63. The van der Waals surface area contributed by atoms with Crippen LogP contribution < -0.4 is 20.1 Å². The van der Waals surface area contributed by atoms with Crippen LogP contribution in [0.1, 0.15) is 81.7 Å². The van der Waals surface area contributed by atoms with E-state index in [1.165, 1.54) is 23.1 Å². The summed E-state index contributed by atoms with van der Waals surface area (Å²) < 4.78 is 75.3. The summed E-state index contributed by atoms with van der Waals surface area (Å²) in [5.41, 5.74) is -1.43. The van der Waals surface area contributed by atoms with E-state index in [0.717, 1.165) is 12.3 Å². The number of amides is 4. The van der Waals surface area contributed by atoms with Gasteiger partial charge in [-0.2, -0.15) is 13.9 Å². The first kappa shape index (κ1) is 39.3.